The number of hydrogen-bond donors (Lipinski definition) is 3. The van der Waals surface area contributed by atoms with E-state index in [0.717, 1.165) is 27.2 Å². The minimum absolute atomic E-state index is 0.407. The third kappa shape index (κ3) is 5.31. The van der Waals surface area contributed by atoms with Gasteiger partial charge in [-0.05, 0) is 80.2 Å². The number of benzene rings is 1. The monoisotopic (exact) mass is 426 g/mol. The Morgan fingerprint density at radius 1 is 0.968 bits per heavy atom. The van der Waals surface area contributed by atoms with Crippen molar-refractivity contribution in [3.05, 3.63) is 78.4 Å². The molecule has 4 aromatic rings. The van der Waals surface area contributed by atoms with E-state index < -0.39 is 0 Å². The Morgan fingerprint density at radius 3 is 2.58 bits per heavy atom. The lowest BCUT2D eigenvalue weighted by Crippen LogP contribution is -2.13. The standard InChI is InChI=1S/C24H22N6S/c1-16(2)30-31-20-8-6-19(7-9-20)29-23-14-21-18(15-28-23)11-13-26-22(21)10-5-17-4-3-12-27-24(17)25/h3-4,6-9,11-16,30H,1-2H3,(H2,25,27)(H,28,29). The molecule has 4 rings (SSSR count). The van der Waals surface area contributed by atoms with Crippen molar-refractivity contribution in [3.8, 4) is 11.8 Å². The molecule has 0 bridgehead atoms. The Hall–Kier alpha value is -3.60. The van der Waals surface area contributed by atoms with Crippen LogP contribution < -0.4 is 15.8 Å². The average molecular weight is 427 g/mol. The predicted octanol–water partition coefficient (Wildman–Crippen LogP) is 4.76. The van der Waals surface area contributed by atoms with Gasteiger partial charge in [0.2, 0.25) is 0 Å². The zero-order valence-corrected chi connectivity index (χ0v) is 18.1. The van der Waals surface area contributed by atoms with Gasteiger partial charge < -0.3 is 11.1 Å². The van der Waals surface area contributed by atoms with E-state index in [2.05, 4.69) is 62.8 Å². The second-order valence-corrected chi connectivity index (χ2v) is 8.07. The topological polar surface area (TPSA) is 88.8 Å². The molecular formula is C24H22N6S. The van der Waals surface area contributed by atoms with E-state index in [4.69, 9.17) is 5.73 Å². The molecule has 0 aliphatic rings. The van der Waals surface area contributed by atoms with Crippen LogP contribution in [0.4, 0.5) is 17.3 Å². The predicted molar refractivity (Wildman–Crippen MR) is 128 cm³/mol. The Balaban J connectivity index is 1.58. The van der Waals surface area contributed by atoms with E-state index in [0.29, 0.717) is 23.1 Å². The van der Waals surface area contributed by atoms with Crippen LogP contribution in [-0.2, 0) is 0 Å². The summed E-state index contributed by atoms with van der Waals surface area (Å²) in [5, 5.41) is 5.24. The maximum Gasteiger partial charge on any atom is 0.139 e. The van der Waals surface area contributed by atoms with Crippen molar-refractivity contribution >= 4 is 40.0 Å². The van der Waals surface area contributed by atoms with Gasteiger partial charge in [-0.15, -0.1) is 0 Å². The van der Waals surface area contributed by atoms with Gasteiger partial charge in [0.15, 0.2) is 0 Å². The second-order valence-electron chi connectivity index (χ2n) is 7.16. The minimum Gasteiger partial charge on any atom is -0.383 e. The summed E-state index contributed by atoms with van der Waals surface area (Å²) >= 11 is 1.62. The van der Waals surface area contributed by atoms with Crippen LogP contribution in [-0.4, -0.2) is 21.0 Å². The van der Waals surface area contributed by atoms with Crippen molar-refractivity contribution in [2.75, 3.05) is 11.1 Å². The summed E-state index contributed by atoms with van der Waals surface area (Å²) in [7, 11) is 0. The number of aromatic nitrogens is 3. The summed E-state index contributed by atoms with van der Waals surface area (Å²) in [6, 6.07) is 16.2. The smallest absolute Gasteiger partial charge is 0.139 e. The lowest BCUT2D eigenvalue weighted by Gasteiger charge is -2.09. The Bertz CT molecular complexity index is 1260. The van der Waals surface area contributed by atoms with Crippen molar-refractivity contribution in [3.63, 3.8) is 0 Å². The van der Waals surface area contributed by atoms with Crippen molar-refractivity contribution in [1.29, 1.82) is 0 Å². The Morgan fingerprint density at radius 2 is 1.81 bits per heavy atom. The molecule has 0 radical (unpaired) electrons. The molecule has 6 nitrogen and oxygen atoms in total. The number of nitrogen functional groups attached to an aromatic ring is 1. The van der Waals surface area contributed by atoms with Crippen LogP contribution >= 0.6 is 11.9 Å². The highest BCUT2D eigenvalue weighted by molar-refractivity contribution is 7.97. The fourth-order valence-electron chi connectivity index (χ4n) is 2.82. The summed E-state index contributed by atoms with van der Waals surface area (Å²) in [4.78, 5) is 14.2. The highest BCUT2D eigenvalue weighted by atomic mass is 32.2. The number of nitrogens with one attached hydrogen (secondary N) is 2. The maximum atomic E-state index is 5.89. The van der Waals surface area contributed by atoms with Crippen LogP contribution in [0, 0.1) is 11.8 Å². The van der Waals surface area contributed by atoms with Gasteiger partial charge >= 0.3 is 0 Å². The number of nitrogens with zero attached hydrogens (tertiary/aromatic N) is 3. The van der Waals surface area contributed by atoms with Crippen LogP contribution in [0.3, 0.4) is 0 Å². The van der Waals surface area contributed by atoms with Gasteiger partial charge in [0.05, 0.1) is 5.56 Å². The van der Waals surface area contributed by atoms with Gasteiger partial charge in [0.25, 0.3) is 0 Å². The van der Waals surface area contributed by atoms with Crippen molar-refractivity contribution in [1.82, 2.24) is 19.7 Å². The van der Waals surface area contributed by atoms with Crippen LogP contribution in [0.15, 0.2) is 72.0 Å². The third-order valence-electron chi connectivity index (χ3n) is 4.34. The van der Waals surface area contributed by atoms with Gasteiger partial charge in [-0.3, -0.25) is 4.72 Å². The lowest BCUT2D eigenvalue weighted by atomic mass is 10.1. The molecule has 4 N–H and O–H groups in total. The third-order valence-corrected chi connectivity index (χ3v) is 5.44. The first-order valence-electron chi connectivity index (χ1n) is 9.85. The lowest BCUT2D eigenvalue weighted by molar-refractivity contribution is 0.771. The first-order chi connectivity index (χ1) is 15.1. The summed E-state index contributed by atoms with van der Waals surface area (Å²) in [6.07, 6.45) is 5.20. The van der Waals surface area contributed by atoms with Crippen molar-refractivity contribution < 1.29 is 0 Å². The zero-order chi connectivity index (χ0) is 21.6. The zero-order valence-electron chi connectivity index (χ0n) is 17.3. The SMILES string of the molecule is CC(C)NSc1ccc(Nc2cc3c(C#Cc4cccnc4N)nccc3cn2)cc1. The highest BCUT2D eigenvalue weighted by Gasteiger charge is 2.05. The Labute approximate surface area is 185 Å². The van der Waals surface area contributed by atoms with E-state index in [1.807, 2.05) is 42.6 Å². The number of hydrogen-bond acceptors (Lipinski definition) is 7. The molecule has 0 unspecified atom stereocenters. The van der Waals surface area contributed by atoms with Crippen LogP contribution in [0.2, 0.25) is 0 Å². The number of nitrogens with two attached hydrogens (primary N) is 1. The minimum atomic E-state index is 0.407. The second kappa shape index (κ2) is 9.47. The molecule has 0 aliphatic heterocycles. The van der Waals surface area contributed by atoms with E-state index in [1.165, 1.54) is 0 Å². The quantitative estimate of drug-likeness (QED) is 0.313. The number of pyridine rings is 3. The molecular weight excluding hydrogens is 404 g/mol. The van der Waals surface area contributed by atoms with E-state index >= 15 is 0 Å². The Kier molecular flexibility index (Phi) is 6.32. The summed E-state index contributed by atoms with van der Waals surface area (Å²) in [5.74, 6) is 7.32. The molecule has 31 heavy (non-hydrogen) atoms. The number of fused-ring (bicyclic) bond motifs is 1. The largest absolute Gasteiger partial charge is 0.383 e. The van der Waals surface area contributed by atoms with Gasteiger partial charge in [-0.25, -0.2) is 15.0 Å². The fraction of sp³-hybridized carbons (Fsp3) is 0.125. The molecule has 0 aliphatic carbocycles. The molecule has 154 valence electrons. The molecule has 0 saturated carbocycles. The van der Waals surface area contributed by atoms with Gasteiger partial charge in [0, 0.05) is 46.0 Å². The van der Waals surface area contributed by atoms with Crippen LogP contribution in [0.1, 0.15) is 25.1 Å². The molecule has 0 fully saturated rings. The summed E-state index contributed by atoms with van der Waals surface area (Å²) < 4.78 is 3.34. The van der Waals surface area contributed by atoms with Gasteiger partial charge in [-0.1, -0.05) is 5.92 Å². The first-order valence-corrected chi connectivity index (χ1v) is 10.7. The average Bonchev–Trinajstić information content (AvgIpc) is 2.78. The molecule has 3 heterocycles. The molecule has 1 aromatic carbocycles. The first kappa shape index (κ1) is 20.7. The van der Waals surface area contributed by atoms with E-state index in [-0.39, 0.29) is 0 Å². The normalized spacial score (nSPS) is 10.7. The van der Waals surface area contributed by atoms with Crippen LogP contribution in [0.5, 0.6) is 0 Å². The molecule has 3 aromatic heterocycles. The van der Waals surface area contributed by atoms with Gasteiger partial charge in [-0.2, -0.15) is 0 Å². The van der Waals surface area contributed by atoms with Crippen molar-refractivity contribution in [2.45, 2.75) is 24.8 Å². The maximum absolute atomic E-state index is 5.89. The molecule has 0 saturated heterocycles. The van der Waals surface area contributed by atoms with Crippen molar-refractivity contribution in [2.24, 2.45) is 0 Å². The summed E-state index contributed by atoms with van der Waals surface area (Å²) in [5.41, 5.74) is 8.19. The van der Waals surface area contributed by atoms with E-state index in [9.17, 15) is 0 Å². The molecule has 0 amide bonds. The number of anilines is 3. The number of rotatable bonds is 5. The molecule has 7 heteroatoms. The van der Waals surface area contributed by atoms with Gasteiger partial charge in [0.1, 0.15) is 17.3 Å². The summed E-state index contributed by atoms with van der Waals surface area (Å²) in [6.45, 7) is 4.24. The molecule has 0 spiro atoms. The van der Waals surface area contributed by atoms with E-state index in [1.54, 1.807) is 24.3 Å². The molecule has 0 atom stereocenters. The highest BCUT2D eigenvalue weighted by Crippen LogP contribution is 2.23. The fourth-order valence-corrected chi connectivity index (χ4v) is 3.47. The van der Waals surface area contributed by atoms with Crippen LogP contribution in [0.25, 0.3) is 10.8 Å².